The third-order valence-electron chi connectivity index (χ3n) is 3.40. The van der Waals surface area contributed by atoms with Crippen LogP contribution in [-0.4, -0.2) is 12.9 Å². The Morgan fingerprint density at radius 2 is 1.38 bits per heavy atom. The summed E-state index contributed by atoms with van der Waals surface area (Å²) in [6.45, 7) is 0.589. The molecule has 0 radical (unpaired) electrons. The Bertz CT molecular complexity index is 588. The average Bonchev–Trinajstić information content (AvgIpc) is 2.54. The lowest BCUT2D eigenvalue weighted by Gasteiger charge is -2.05. The molecule has 2 aromatic rings. The fraction of sp³-hybridized carbons (Fsp3) is 0.235. The van der Waals surface area contributed by atoms with E-state index in [9.17, 15) is 0 Å². The van der Waals surface area contributed by atoms with Gasteiger partial charge >= 0.3 is 0 Å². The number of oxime groups is 1. The molecule has 0 aliphatic carbocycles. The van der Waals surface area contributed by atoms with E-state index in [1.165, 1.54) is 18.2 Å². The van der Waals surface area contributed by atoms with Crippen molar-refractivity contribution in [2.45, 2.75) is 19.4 Å². The monoisotopic (exact) mass is 283 g/mol. The molecule has 0 atom stereocenters. The Morgan fingerprint density at radius 1 is 0.905 bits per heavy atom. The largest absolute Gasteiger partial charge is 0.397 e. The number of rotatable bonds is 6. The maximum Gasteiger partial charge on any atom is 0.170 e. The number of amidine groups is 1. The first-order valence-electron chi connectivity index (χ1n) is 6.96. The van der Waals surface area contributed by atoms with E-state index in [0.717, 1.165) is 24.0 Å². The summed E-state index contributed by atoms with van der Waals surface area (Å²) in [5.41, 5.74) is 16.0. The standard InChI is InChI=1S/C17H21N3O/c1-21-20-17(19)16-10-8-14(9-11-16)3-2-13-4-6-15(12-18)7-5-13/h4-11H,2-3,12,18H2,1H3,(H2,19,20). The van der Waals surface area contributed by atoms with E-state index in [1.54, 1.807) is 0 Å². The van der Waals surface area contributed by atoms with Crippen LogP contribution in [0.15, 0.2) is 53.7 Å². The molecule has 110 valence electrons. The maximum atomic E-state index is 5.76. The predicted molar refractivity (Wildman–Crippen MR) is 85.9 cm³/mol. The van der Waals surface area contributed by atoms with Crippen molar-refractivity contribution in [2.24, 2.45) is 16.6 Å². The van der Waals surface area contributed by atoms with Gasteiger partial charge in [-0.1, -0.05) is 53.7 Å². The van der Waals surface area contributed by atoms with Crippen LogP contribution in [-0.2, 0) is 24.2 Å². The van der Waals surface area contributed by atoms with Crippen LogP contribution in [0.5, 0.6) is 0 Å². The smallest absolute Gasteiger partial charge is 0.170 e. The second-order valence-corrected chi connectivity index (χ2v) is 4.88. The van der Waals surface area contributed by atoms with Crippen molar-refractivity contribution in [1.82, 2.24) is 0 Å². The molecule has 0 saturated heterocycles. The summed E-state index contributed by atoms with van der Waals surface area (Å²) in [5.74, 6) is 0.390. The Kier molecular flexibility index (Phi) is 5.35. The highest BCUT2D eigenvalue weighted by Gasteiger charge is 2.00. The molecule has 0 aliphatic heterocycles. The van der Waals surface area contributed by atoms with Crippen LogP contribution in [0, 0.1) is 0 Å². The number of nitrogens with zero attached hydrogens (tertiary/aromatic N) is 1. The molecule has 0 aliphatic rings. The molecule has 0 fully saturated rings. The minimum Gasteiger partial charge on any atom is -0.397 e. The lowest BCUT2D eigenvalue weighted by molar-refractivity contribution is 0.213. The molecule has 4 heteroatoms. The van der Waals surface area contributed by atoms with Crippen molar-refractivity contribution >= 4 is 5.84 Å². The average molecular weight is 283 g/mol. The van der Waals surface area contributed by atoms with Gasteiger partial charge in [0.25, 0.3) is 0 Å². The Balaban J connectivity index is 1.95. The summed E-state index contributed by atoms with van der Waals surface area (Å²) in [6, 6.07) is 16.5. The fourth-order valence-electron chi connectivity index (χ4n) is 2.12. The van der Waals surface area contributed by atoms with Gasteiger partial charge in [0.1, 0.15) is 7.11 Å². The third-order valence-corrected chi connectivity index (χ3v) is 3.40. The van der Waals surface area contributed by atoms with Crippen LogP contribution in [0.2, 0.25) is 0 Å². The molecule has 0 heterocycles. The molecule has 2 aromatic carbocycles. The lowest BCUT2D eigenvalue weighted by atomic mass is 10.0. The lowest BCUT2D eigenvalue weighted by Crippen LogP contribution is -2.13. The molecule has 0 spiro atoms. The Labute approximate surface area is 125 Å². The minimum absolute atomic E-state index is 0.390. The molecule has 0 unspecified atom stereocenters. The van der Waals surface area contributed by atoms with E-state index in [1.807, 2.05) is 12.1 Å². The molecule has 4 N–H and O–H groups in total. The van der Waals surface area contributed by atoms with Gasteiger partial charge in [0.2, 0.25) is 0 Å². The summed E-state index contributed by atoms with van der Waals surface area (Å²) in [6.07, 6.45) is 2.00. The van der Waals surface area contributed by atoms with Crippen molar-refractivity contribution in [2.75, 3.05) is 7.11 Å². The SMILES string of the molecule is CO/N=C(\N)c1ccc(CCc2ccc(CN)cc2)cc1. The van der Waals surface area contributed by atoms with Gasteiger partial charge in [-0.3, -0.25) is 0 Å². The normalized spacial score (nSPS) is 11.4. The summed E-state index contributed by atoms with van der Waals surface area (Å²) in [7, 11) is 1.48. The molecule has 21 heavy (non-hydrogen) atoms. The van der Waals surface area contributed by atoms with Gasteiger partial charge in [-0.05, 0) is 29.5 Å². The first kappa shape index (κ1) is 15.1. The highest BCUT2D eigenvalue weighted by molar-refractivity contribution is 5.97. The van der Waals surface area contributed by atoms with Crippen molar-refractivity contribution in [1.29, 1.82) is 0 Å². The maximum absolute atomic E-state index is 5.76. The molecule has 2 rings (SSSR count). The number of hydrogen-bond acceptors (Lipinski definition) is 3. The van der Waals surface area contributed by atoms with Crippen molar-refractivity contribution < 1.29 is 4.84 Å². The van der Waals surface area contributed by atoms with Crippen LogP contribution in [0.25, 0.3) is 0 Å². The minimum atomic E-state index is 0.390. The quantitative estimate of drug-likeness (QED) is 0.485. The van der Waals surface area contributed by atoms with Crippen LogP contribution < -0.4 is 11.5 Å². The van der Waals surface area contributed by atoms with Crippen LogP contribution in [0.4, 0.5) is 0 Å². The van der Waals surface area contributed by atoms with Gasteiger partial charge in [0.15, 0.2) is 5.84 Å². The second kappa shape index (κ2) is 7.45. The van der Waals surface area contributed by atoms with Gasteiger partial charge < -0.3 is 16.3 Å². The number of aryl methyl sites for hydroxylation is 2. The van der Waals surface area contributed by atoms with E-state index in [0.29, 0.717) is 12.4 Å². The summed E-state index contributed by atoms with van der Waals surface area (Å²) in [4.78, 5) is 4.67. The molecule has 0 aromatic heterocycles. The van der Waals surface area contributed by atoms with Gasteiger partial charge in [0, 0.05) is 12.1 Å². The predicted octanol–water partition coefficient (Wildman–Crippen LogP) is 2.20. The van der Waals surface area contributed by atoms with Gasteiger partial charge in [-0.2, -0.15) is 0 Å². The molecule has 4 nitrogen and oxygen atoms in total. The summed E-state index contributed by atoms with van der Waals surface area (Å²) >= 11 is 0. The molecular weight excluding hydrogens is 262 g/mol. The van der Waals surface area contributed by atoms with E-state index < -0.39 is 0 Å². The third kappa shape index (κ3) is 4.33. The van der Waals surface area contributed by atoms with Gasteiger partial charge in [-0.25, -0.2) is 0 Å². The van der Waals surface area contributed by atoms with Crippen molar-refractivity contribution in [3.05, 3.63) is 70.8 Å². The zero-order valence-electron chi connectivity index (χ0n) is 12.3. The fourth-order valence-corrected chi connectivity index (χ4v) is 2.12. The van der Waals surface area contributed by atoms with E-state index >= 15 is 0 Å². The zero-order chi connectivity index (χ0) is 15.1. The molecule has 0 bridgehead atoms. The second-order valence-electron chi connectivity index (χ2n) is 4.88. The van der Waals surface area contributed by atoms with Crippen LogP contribution in [0.1, 0.15) is 22.3 Å². The Hall–Kier alpha value is -2.33. The number of hydrogen-bond donors (Lipinski definition) is 2. The number of nitrogens with two attached hydrogens (primary N) is 2. The topological polar surface area (TPSA) is 73.6 Å². The molecule has 0 saturated carbocycles. The van der Waals surface area contributed by atoms with Gasteiger partial charge in [0.05, 0.1) is 0 Å². The van der Waals surface area contributed by atoms with Crippen LogP contribution in [0.3, 0.4) is 0 Å². The Morgan fingerprint density at radius 3 is 1.86 bits per heavy atom. The zero-order valence-corrected chi connectivity index (χ0v) is 12.3. The van der Waals surface area contributed by atoms with Crippen molar-refractivity contribution in [3.63, 3.8) is 0 Å². The molecular formula is C17H21N3O. The number of benzene rings is 2. The van der Waals surface area contributed by atoms with Gasteiger partial charge in [-0.15, -0.1) is 0 Å². The first-order chi connectivity index (χ1) is 10.2. The summed E-state index contributed by atoms with van der Waals surface area (Å²) < 4.78 is 0. The van der Waals surface area contributed by atoms with Crippen LogP contribution >= 0.6 is 0 Å². The van der Waals surface area contributed by atoms with E-state index in [4.69, 9.17) is 11.5 Å². The summed E-state index contributed by atoms with van der Waals surface area (Å²) in [5, 5.41) is 3.72. The highest BCUT2D eigenvalue weighted by Crippen LogP contribution is 2.10. The van der Waals surface area contributed by atoms with E-state index in [-0.39, 0.29) is 0 Å². The highest BCUT2D eigenvalue weighted by atomic mass is 16.6. The first-order valence-corrected chi connectivity index (χ1v) is 6.96. The van der Waals surface area contributed by atoms with E-state index in [2.05, 4.69) is 46.4 Å². The van der Waals surface area contributed by atoms with Crippen molar-refractivity contribution in [3.8, 4) is 0 Å². The molecule has 0 amide bonds.